The van der Waals surface area contributed by atoms with Gasteiger partial charge in [-0.05, 0) is 40.4 Å². The largest absolute Gasteiger partial charge is 0.223 e. The third-order valence-corrected chi connectivity index (χ3v) is 3.18. The summed E-state index contributed by atoms with van der Waals surface area (Å²) >= 11 is 7.30. The van der Waals surface area contributed by atoms with Gasteiger partial charge >= 0.3 is 0 Å². The quantitative estimate of drug-likeness (QED) is 0.815. The van der Waals surface area contributed by atoms with Crippen LogP contribution in [0.4, 0.5) is 0 Å². The summed E-state index contributed by atoms with van der Waals surface area (Å²) in [6, 6.07) is 7.21. The highest BCUT2D eigenvalue weighted by Crippen LogP contribution is 2.28. The van der Waals surface area contributed by atoms with Crippen molar-refractivity contribution in [3.63, 3.8) is 0 Å². The lowest BCUT2D eigenvalue weighted by molar-refractivity contribution is 0.664. The first-order valence-electron chi connectivity index (χ1n) is 4.30. The van der Waals surface area contributed by atoms with Crippen LogP contribution in [0.3, 0.4) is 0 Å². The molecule has 0 atom stereocenters. The van der Waals surface area contributed by atoms with Crippen LogP contribution in [-0.2, 0) is 7.05 Å². The number of tetrazole rings is 1. The van der Waals surface area contributed by atoms with E-state index in [9.17, 15) is 0 Å². The van der Waals surface area contributed by atoms with Crippen molar-refractivity contribution in [2.75, 3.05) is 0 Å². The fourth-order valence-corrected chi connectivity index (χ4v) is 2.12. The van der Waals surface area contributed by atoms with Gasteiger partial charge in [0, 0.05) is 11.9 Å². The van der Waals surface area contributed by atoms with Crippen molar-refractivity contribution < 1.29 is 0 Å². The van der Waals surface area contributed by atoms with Crippen LogP contribution >= 0.6 is 23.4 Å². The van der Waals surface area contributed by atoms with Crippen molar-refractivity contribution in [2.45, 2.75) is 10.1 Å². The predicted molar refractivity (Wildman–Crippen MR) is 59.1 cm³/mol. The zero-order chi connectivity index (χ0) is 11.5. The molecule has 0 saturated carbocycles. The second-order valence-corrected chi connectivity index (χ2v) is 4.39. The Hall–Kier alpha value is -1.58. The van der Waals surface area contributed by atoms with Crippen molar-refractivity contribution in [1.82, 2.24) is 20.2 Å². The molecule has 0 aliphatic rings. The molecule has 0 N–H and O–H groups in total. The molecule has 0 spiro atoms. The van der Waals surface area contributed by atoms with E-state index in [0.29, 0.717) is 15.7 Å². The topological polar surface area (TPSA) is 67.4 Å². The van der Waals surface area contributed by atoms with Crippen molar-refractivity contribution in [3.05, 3.63) is 28.8 Å². The van der Waals surface area contributed by atoms with Crippen LogP contribution in [0.5, 0.6) is 0 Å². The molecular formula is C9H6ClN5S. The first-order valence-corrected chi connectivity index (χ1v) is 5.50. The number of hydrogen-bond acceptors (Lipinski definition) is 5. The Morgan fingerprint density at radius 2 is 2.31 bits per heavy atom. The van der Waals surface area contributed by atoms with E-state index in [0.717, 1.165) is 4.90 Å². The van der Waals surface area contributed by atoms with Gasteiger partial charge in [-0.2, -0.15) is 5.26 Å². The summed E-state index contributed by atoms with van der Waals surface area (Å²) < 4.78 is 1.57. The lowest BCUT2D eigenvalue weighted by atomic mass is 10.2. The Kier molecular flexibility index (Phi) is 3.08. The molecule has 16 heavy (non-hydrogen) atoms. The average molecular weight is 252 g/mol. The lowest BCUT2D eigenvalue weighted by Gasteiger charge is -2.00. The molecule has 0 bridgehead atoms. The van der Waals surface area contributed by atoms with E-state index in [2.05, 4.69) is 15.5 Å². The third-order valence-electron chi connectivity index (χ3n) is 1.85. The second-order valence-electron chi connectivity index (χ2n) is 2.94. The Morgan fingerprint density at radius 3 is 2.88 bits per heavy atom. The average Bonchev–Trinajstić information content (AvgIpc) is 2.65. The number of hydrogen-bond donors (Lipinski definition) is 0. The summed E-state index contributed by atoms with van der Waals surface area (Å²) in [6.07, 6.45) is 0. The van der Waals surface area contributed by atoms with Crippen LogP contribution in [0.15, 0.2) is 28.3 Å². The molecular weight excluding hydrogens is 246 g/mol. The number of nitrogens with zero attached hydrogens (tertiary/aromatic N) is 5. The fourth-order valence-electron chi connectivity index (χ4n) is 1.06. The minimum absolute atomic E-state index is 0.433. The van der Waals surface area contributed by atoms with Crippen LogP contribution in [-0.4, -0.2) is 20.2 Å². The van der Waals surface area contributed by atoms with E-state index in [4.69, 9.17) is 16.9 Å². The first kappa shape index (κ1) is 10.9. The van der Waals surface area contributed by atoms with Crippen LogP contribution < -0.4 is 0 Å². The van der Waals surface area contributed by atoms with Gasteiger partial charge in [0.15, 0.2) is 0 Å². The molecule has 0 radical (unpaired) electrons. The van der Waals surface area contributed by atoms with Crippen molar-refractivity contribution in [1.29, 1.82) is 5.26 Å². The Bertz CT molecular complexity index is 559. The molecule has 0 aliphatic heterocycles. The lowest BCUT2D eigenvalue weighted by Crippen LogP contribution is -1.92. The maximum Gasteiger partial charge on any atom is 0.213 e. The SMILES string of the molecule is Cn1nnnc1Sc1ccc(C#N)c(Cl)c1. The van der Waals surface area contributed by atoms with Crippen molar-refractivity contribution >= 4 is 23.4 Å². The molecule has 1 aromatic carbocycles. The van der Waals surface area contributed by atoms with Crippen LogP contribution in [0, 0.1) is 11.3 Å². The van der Waals surface area contributed by atoms with E-state index in [-0.39, 0.29) is 0 Å². The van der Waals surface area contributed by atoms with Gasteiger partial charge in [0.1, 0.15) is 6.07 Å². The van der Waals surface area contributed by atoms with Gasteiger partial charge in [-0.3, -0.25) is 0 Å². The highest BCUT2D eigenvalue weighted by Gasteiger charge is 2.07. The Labute approximate surface area is 101 Å². The maximum atomic E-state index is 8.73. The van der Waals surface area contributed by atoms with Gasteiger partial charge < -0.3 is 0 Å². The van der Waals surface area contributed by atoms with Gasteiger partial charge in [0.05, 0.1) is 10.6 Å². The Morgan fingerprint density at radius 1 is 1.50 bits per heavy atom. The minimum atomic E-state index is 0.433. The van der Waals surface area contributed by atoms with Gasteiger partial charge in [0.25, 0.3) is 0 Å². The first-order chi connectivity index (χ1) is 7.70. The van der Waals surface area contributed by atoms with Crippen molar-refractivity contribution in [2.24, 2.45) is 7.05 Å². The monoisotopic (exact) mass is 251 g/mol. The summed E-state index contributed by atoms with van der Waals surface area (Å²) in [5.41, 5.74) is 0.460. The molecule has 5 nitrogen and oxygen atoms in total. The molecule has 1 aromatic heterocycles. The molecule has 1 heterocycles. The van der Waals surface area contributed by atoms with E-state index in [1.807, 2.05) is 12.1 Å². The van der Waals surface area contributed by atoms with E-state index in [1.54, 1.807) is 23.9 Å². The summed E-state index contributed by atoms with van der Waals surface area (Å²) in [6.45, 7) is 0. The zero-order valence-electron chi connectivity index (χ0n) is 8.25. The van der Waals surface area contributed by atoms with Gasteiger partial charge in [0.2, 0.25) is 5.16 Å². The maximum absolute atomic E-state index is 8.73. The van der Waals surface area contributed by atoms with Crippen LogP contribution in [0.2, 0.25) is 5.02 Å². The van der Waals surface area contributed by atoms with Crippen molar-refractivity contribution in [3.8, 4) is 6.07 Å². The third kappa shape index (κ3) is 2.15. The van der Waals surface area contributed by atoms with Gasteiger partial charge in [-0.1, -0.05) is 11.6 Å². The van der Waals surface area contributed by atoms with Crippen LogP contribution in [0.25, 0.3) is 0 Å². The van der Waals surface area contributed by atoms with E-state index >= 15 is 0 Å². The van der Waals surface area contributed by atoms with Gasteiger partial charge in [-0.25, -0.2) is 4.68 Å². The smallest absolute Gasteiger partial charge is 0.213 e. The fraction of sp³-hybridized carbons (Fsp3) is 0.111. The number of nitriles is 1. The molecule has 0 fully saturated rings. The molecule has 0 saturated heterocycles. The number of aromatic nitrogens is 4. The Balaban J connectivity index is 2.27. The highest BCUT2D eigenvalue weighted by atomic mass is 35.5. The normalized spacial score (nSPS) is 10.1. The minimum Gasteiger partial charge on any atom is -0.223 e. The van der Waals surface area contributed by atoms with Crippen LogP contribution in [0.1, 0.15) is 5.56 Å². The van der Waals surface area contributed by atoms with E-state index < -0.39 is 0 Å². The summed E-state index contributed by atoms with van der Waals surface area (Å²) in [5, 5.41) is 20.9. The molecule has 7 heteroatoms. The summed E-state index contributed by atoms with van der Waals surface area (Å²) in [5.74, 6) is 0. The number of halogens is 1. The number of rotatable bonds is 2. The molecule has 2 aromatic rings. The predicted octanol–water partition coefficient (Wildman–Crippen LogP) is 1.89. The second kappa shape index (κ2) is 4.51. The van der Waals surface area contributed by atoms with E-state index in [1.165, 1.54) is 11.8 Å². The molecule has 0 unspecified atom stereocenters. The summed E-state index contributed by atoms with van der Waals surface area (Å²) in [4.78, 5) is 0.891. The number of aryl methyl sites for hydroxylation is 1. The molecule has 2 rings (SSSR count). The highest BCUT2D eigenvalue weighted by molar-refractivity contribution is 7.99. The standard InChI is InChI=1S/C9H6ClN5S/c1-15-9(12-13-14-15)16-7-3-2-6(5-11)8(10)4-7/h2-4H,1H3. The number of benzene rings is 1. The zero-order valence-corrected chi connectivity index (χ0v) is 9.83. The molecule has 80 valence electrons. The molecule has 0 aliphatic carbocycles. The summed E-state index contributed by atoms with van der Waals surface area (Å²) in [7, 11) is 1.76. The molecule has 0 amide bonds. The van der Waals surface area contributed by atoms with Gasteiger partial charge in [-0.15, -0.1) is 5.10 Å².